The van der Waals surface area contributed by atoms with Crippen molar-refractivity contribution in [2.45, 2.75) is 19.9 Å². The number of aromatic carboxylic acids is 1. The molecule has 0 bridgehead atoms. The lowest BCUT2D eigenvalue weighted by atomic mass is 10.2. The van der Waals surface area contributed by atoms with E-state index in [1.807, 2.05) is 18.4 Å². The zero-order valence-corrected chi connectivity index (χ0v) is 11.0. The van der Waals surface area contributed by atoms with Gasteiger partial charge in [0.25, 0.3) is 5.91 Å². The lowest BCUT2D eigenvalue weighted by molar-refractivity contribution is 0.0651. The molecule has 2 aromatic heterocycles. The molecule has 0 radical (unpaired) electrons. The maximum Gasteiger partial charge on any atom is 0.374 e. The van der Waals surface area contributed by atoms with Gasteiger partial charge in [0.1, 0.15) is 0 Å². The van der Waals surface area contributed by atoms with Crippen LogP contribution >= 0.6 is 11.3 Å². The number of carboxylic acid groups (broad SMARTS) is 1. The molecule has 0 saturated heterocycles. The second kappa shape index (κ2) is 5.66. The molecule has 0 aliphatic rings. The fourth-order valence-corrected chi connectivity index (χ4v) is 2.49. The maximum atomic E-state index is 11.8. The number of nitrogens with zero attached hydrogens (tertiary/aromatic N) is 1. The Morgan fingerprint density at radius 2 is 2.32 bits per heavy atom. The molecule has 2 aromatic rings. The number of aryl methyl sites for hydroxylation is 1. The van der Waals surface area contributed by atoms with Crippen LogP contribution in [0.3, 0.4) is 0 Å². The molecular formula is C12H12N2O4S. The van der Waals surface area contributed by atoms with Gasteiger partial charge in [-0.25, -0.2) is 4.79 Å². The molecule has 2 heterocycles. The summed E-state index contributed by atoms with van der Waals surface area (Å²) in [6.45, 7) is 2.44. The Labute approximate surface area is 113 Å². The third-order valence-electron chi connectivity index (χ3n) is 2.58. The van der Waals surface area contributed by atoms with Gasteiger partial charge < -0.3 is 14.9 Å². The quantitative estimate of drug-likeness (QED) is 0.873. The van der Waals surface area contributed by atoms with E-state index in [1.165, 1.54) is 5.56 Å². The van der Waals surface area contributed by atoms with Crippen molar-refractivity contribution in [2.75, 3.05) is 0 Å². The lowest BCUT2D eigenvalue weighted by Crippen LogP contribution is -2.23. The number of rotatable bonds is 5. The molecule has 2 rings (SSSR count). The summed E-state index contributed by atoms with van der Waals surface area (Å²) in [4.78, 5) is 23.4. The number of thiophene rings is 1. The average molecular weight is 280 g/mol. The lowest BCUT2D eigenvalue weighted by Gasteiger charge is -2.02. The highest BCUT2D eigenvalue weighted by Crippen LogP contribution is 2.17. The van der Waals surface area contributed by atoms with Gasteiger partial charge in [0.2, 0.25) is 5.76 Å². The van der Waals surface area contributed by atoms with Gasteiger partial charge in [0.15, 0.2) is 5.69 Å². The summed E-state index contributed by atoms with van der Waals surface area (Å²) >= 11 is 1.57. The topological polar surface area (TPSA) is 92.4 Å². The highest BCUT2D eigenvalue weighted by molar-refractivity contribution is 7.10. The highest BCUT2D eigenvalue weighted by atomic mass is 32.1. The van der Waals surface area contributed by atoms with Crippen molar-refractivity contribution in [1.29, 1.82) is 0 Å². The van der Waals surface area contributed by atoms with Crippen molar-refractivity contribution in [3.63, 3.8) is 0 Å². The van der Waals surface area contributed by atoms with E-state index in [2.05, 4.69) is 15.0 Å². The minimum absolute atomic E-state index is 0.0352. The Morgan fingerprint density at radius 3 is 2.95 bits per heavy atom. The van der Waals surface area contributed by atoms with Crippen LogP contribution in [-0.4, -0.2) is 22.1 Å². The van der Waals surface area contributed by atoms with Gasteiger partial charge in [-0.3, -0.25) is 4.79 Å². The number of carboxylic acids is 1. The van der Waals surface area contributed by atoms with E-state index in [1.54, 1.807) is 11.3 Å². The molecule has 2 N–H and O–H groups in total. The van der Waals surface area contributed by atoms with E-state index < -0.39 is 11.9 Å². The number of carbonyl (C=O) groups excluding carboxylic acids is 1. The van der Waals surface area contributed by atoms with Crippen molar-refractivity contribution in [2.24, 2.45) is 0 Å². The van der Waals surface area contributed by atoms with Crippen LogP contribution in [0.15, 0.2) is 22.0 Å². The van der Waals surface area contributed by atoms with Gasteiger partial charge in [0.05, 0.1) is 6.54 Å². The largest absolute Gasteiger partial charge is 0.475 e. The normalized spacial score (nSPS) is 10.4. The van der Waals surface area contributed by atoms with Gasteiger partial charge in [0, 0.05) is 10.9 Å². The number of nitrogens with one attached hydrogen (secondary N) is 1. The zero-order valence-electron chi connectivity index (χ0n) is 10.2. The molecule has 7 heteroatoms. The van der Waals surface area contributed by atoms with E-state index in [-0.39, 0.29) is 11.5 Å². The average Bonchev–Trinajstić information content (AvgIpc) is 3.04. The summed E-state index contributed by atoms with van der Waals surface area (Å²) < 4.78 is 4.52. The third-order valence-corrected chi connectivity index (χ3v) is 3.54. The third kappa shape index (κ3) is 3.00. The molecule has 19 heavy (non-hydrogen) atoms. The highest BCUT2D eigenvalue weighted by Gasteiger charge is 2.16. The first kappa shape index (κ1) is 13.3. The molecule has 0 unspecified atom stereocenters. The minimum Gasteiger partial charge on any atom is -0.475 e. The predicted molar refractivity (Wildman–Crippen MR) is 68.3 cm³/mol. The first-order chi connectivity index (χ1) is 9.11. The van der Waals surface area contributed by atoms with Crippen LogP contribution in [-0.2, 0) is 13.0 Å². The summed E-state index contributed by atoms with van der Waals surface area (Å²) in [6, 6.07) is 3.12. The number of carbonyl (C=O) groups is 2. The second-order valence-electron chi connectivity index (χ2n) is 3.79. The Morgan fingerprint density at radius 1 is 1.53 bits per heavy atom. The Bertz CT molecular complexity index is 602. The minimum atomic E-state index is -1.25. The summed E-state index contributed by atoms with van der Waals surface area (Å²) in [6.07, 6.45) is 0.905. The molecule has 1 amide bonds. The molecule has 100 valence electrons. The zero-order chi connectivity index (χ0) is 13.8. The number of amides is 1. The van der Waals surface area contributed by atoms with Crippen molar-refractivity contribution < 1.29 is 19.2 Å². The standard InChI is InChI=1S/C12H12N2O4S/c1-2-7-3-4-19-10(7)6-13-11(15)8-5-9(12(16)17)18-14-8/h3-5H,2,6H2,1H3,(H,13,15)(H,16,17). The van der Waals surface area contributed by atoms with Crippen molar-refractivity contribution in [3.05, 3.63) is 39.4 Å². The van der Waals surface area contributed by atoms with Crippen LogP contribution in [0.2, 0.25) is 0 Å². The Kier molecular flexibility index (Phi) is 3.96. The smallest absolute Gasteiger partial charge is 0.374 e. The Balaban J connectivity index is 1.99. The molecule has 0 saturated carbocycles. The SMILES string of the molecule is CCc1ccsc1CNC(=O)c1cc(C(=O)O)on1. The predicted octanol–water partition coefficient (Wildman–Crippen LogP) is 1.93. The van der Waals surface area contributed by atoms with E-state index in [0.717, 1.165) is 17.4 Å². The van der Waals surface area contributed by atoms with Gasteiger partial charge in [-0.2, -0.15) is 0 Å². The van der Waals surface area contributed by atoms with E-state index in [4.69, 9.17) is 5.11 Å². The summed E-state index contributed by atoms with van der Waals surface area (Å²) in [7, 11) is 0. The van der Waals surface area contributed by atoms with Crippen LogP contribution in [0, 0.1) is 0 Å². The second-order valence-corrected chi connectivity index (χ2v) is 4.79. The van der Waals surface area contributed by atoms with Crippen molar-refractivity contribution in [3.8, 4) is 0 Å². The molecule has 0 aromatic carbocycles. The van der Waals surface area contributed by atoms with Gasteiger partial charge in [-0.15, -0.1) is 11.3 Å². The molecule has 0 aliphatic carbocycles. The molecule has 0 spiro atoms. The van der Waals surface area contributed by atoms with E-state index >= 15 is 0 Å². The van der Waals surface area contributed by atoms with Crippen LogP contribution < -0.4 is 5.32 Å². The first-order valence-corrected chi connectivity index (χ1v) is 6.53. The van der Waals surface area contributed by atoms with Crippen LogP contribution in [0.4, 0.5) is 0 Å². The number of aromatic nitrogens is 1. The van der Waals surface area contributed by atoms with E-state index in [0.29, 0.717) is 6.54 Å². The molecule has 0 aliphatic heterocycles. The molecular weight excluding hydrogens is 268 g/mol. The Hall–Kier alpha value is -2.15. The maximum absolute atomic E-state index is 11.8. The van der Waals surface area contributed by atoms with Crippen LogP contribution in [0.25, 0.3) is 0 Å². The molecule has 6 nitrogen and oxygen atoms in total. The number of hydrogen-bond donors (Lipinski definition) is 2. The van der Waals surface area contributed by atoms with Crippen molar-refractivity contribution >= 4 is 23.2 Å². The first-order valence-electron chi connectivity index (χ1n) is 5.65. The summed E-state index contributed by atoms with van der Waals surface area (Å²) in [5.41, 5.74) is 1.16. The molecule has 0 atom stereocenters. The van der Waals surface area contributed by atoms with Crippen molar-refractivity contribution in [1.82, 2.24) is 10.5 Å². The van der Waals surface area contributed by atoms with Crippen LogP contribution in [0.5, 0.6) is 0 Å². The van der Waals surface area contributed by atoms with Crippen LogP contribution in [0.1, 0.15) is 38.4 Å². The summed E-state index contributed by atoms with van der Waals surface area (Å²) in [5.74, 6) is -2.06. The van der Waals surface area contributed by atoms with Gasteiger partial charge in [-0.1, -0.05) is 12.1 Å². The van der Waals surface area contributed by atoms with Gasteiger partial charge >= 0.3 is 5.97 Å². The van der Waals surface area contributed by atoms with Gasteiger partial charge in [-0.05, 0) is 23.4 Å². The fraction of sp³-hybridized carbons (Fsp3) is 0.250. The number of hydrogen-bond acceptors (Lipinski definition) is 5. The fourth-order valence-electron chi connectivity index (χ4n) is 1.57. The molecule has 0 fully saturated rings. The monoisotopic (exact) mass is 280 g/mol. The summed E-state index contributed by atoms with van der Waals surface area (Å²) in [5, 5.41) is 16.7. The van der Waals surface area contributed by atoms with E-state index in [9.17, 15) is 9.59 Å².